The summed E-state index contributed by atoms with van der Waals surface area (Å²) >= 11 is 0. The van der Waals surface area contributed by atoms with Gasteiger partial charge in [0, 0.05) is 37.4 Å². The van der Waals surface area contributed by atoms with Crippen LogP contribution < -0.4 is 15.0 Å². The zero-order chi connectivity index (χ0) is 14.4. The second-order valence-electron chi connectivity index (χ2n) is 5.13. The minimum absolute atomic E-state index is 0.257. The van der Waals surface area contributed by atoms with Crippen LogP contribution in [0.5, 0.6) is 5.75 Å². The minimum atomic E-state index is 0.257. The van der Waals surface area contributed by atoms with Gasteiger partial charge < -0.3 is 19.9 Å². The molecule has 1 unspecified atom stereocenters. The molecule has 19 heavy (non-hydrogen) atoms. The summed E-state index contributed by atoms with van der Waals surface area (Å²) in [6, 6.07) is 6.48. The first-order valence-electron chi connectivity index (χ1n) is 6.71. The van der Waals surface area contributed by atoms with Crippen LogP contribution in [-0.4, -0.2) is 53.3 Å². The molecule has 0 spiro atoms. The molecule has 0 aliphatic heterocycles. The Morgan fingerprint density at radius 1 is 1.21 bits per heavy atom. The molecule has 0 aliphatic carbocycles. The van der Waals surface area contributed by atoms with Gasteiger partial charge in [-0.3, -0.25) is 0 Å². The maximum absolute atomic E-state index is 5.51. The summed E-state index contributed by atoms with van der Waals surface area (Å²) in [5.74, 6) is 0.941. The first kappa shape index (κ1) is 15.8. The fraction of sp³-hybridized carbons (Fsp3) is 0.600. The predicted molar refractivity (Wildman–Crippen MR) is 82.3 cm³/mol. The largest absolute Gasteiger partial charge is 0.496 e. The van der Waals surface area contributed by atoms with E-state index in [0.29, 0.717) is 0 Å². The fourth-order valence-electron chi connectivity index (χ4n) is 2.09. The van der Waals surface area contributed by atoms with Gasteiger partial charge in [-0.1, -0.05) is 6.07 Å². The summed E-state index contributed by atoms with van der Waals surface area (Å²) in [5.41, 5.74) is 2.44. The smallest absolute Gasteiger partial charge is 0.125 e. The normalized spacial score (nSPS) is 12.6. The van der Waals surface area contributed by atoms with Crippen LogP contribution >= 0.6 is 0 Å². The molecular weight excluding hydrogens is 238 g/mol. The standard InChI is InChI=1S/C15H27N3O/c1-12(16-2)15-13(8-7-9-14(15)19-6)18(5)11-10-17(3)4/h7-9,12,16H,10-11H2,1-6H3. The van der Waals surface area contributed by atoms with Gasteiger partial charge in [0.2, 0.25) is 0 Å². The van der Waals surface area contributed by atoms with Gasteiger partial charge >= 0.3 is 0 Å². The Bertz CT molecular complexity index is 393. The summed E-state index contributed by atoms with van der Waals surface area (Å²) in [5, 5.41) is 3.30. The SMILES string of the molecule is CNC(C)c1c(OC)cccc1N(C)CCN(C)C. The maximum atomic E-state index is 5.51. The van der Waals surface area contributed by atoms with Gasteiger partial charge in [-0.2, -0.15) is 0 Å². The molecule has 108 valence electrons. The third-order valence-electron chi connectivity index (χ3n) is 3.42. The van der Waals surface area contributed by atoms with Crippen LogP contribution in [0.25, 0.3) is 0 Å². The van der Waals surface area contributed by atoms with Crippen LogP contribution in [0.4, 0.5) is 5.69 Å². The Kier molecular flexibility index (Phi) is 6.12. The van der Waals surface area contributed by atoms with Gasteiger partial charge in [0.1, 0.15) is 5.75 Å². The predicted octanol–water partition coefficient (Wildman–Crippen LogP) is 1.97. The molecular formula is C15H27N3O. The molecule has 0 fully saturated rings. The molecule has 0 saturated heterocycles. The molecule has 0 bridgehead atoms. The second kappa shape index (κ2) is 7.36. The Labute approximate surface area is 117 Å². The van der Waals surface area contributed by atoms with Gasteiger partial charge in [0.25, 0.3) is 0 Å². The van der Waals surface area contributed by atoms with Crippen molar-refractivity contribution < 1.29 is 4.74 Å². The van der Waals surface area contributed by atoms with Crippen molar-refractivity contribution in [3.8, 4) is 5.75 Å². The van der Waals surface area contributed by atoms with Gasteiger partial charge in [-0.15, -0.1) is 0 Å². The first-order chi connectivity index (χ1) is 9.01. The highest BCUT2D eigenvalue weighted by molar-refractivity contribution is 5.60. The van der Waals surface area contributed by atoms with E-state index < -0.39 is 0 Å². The average molecular weight is 265 g/mol. The molecule has 0 aromatic heterocycles. The summed E-state index contributed by atoms with van der Waals surface area (Å²) in [7, 11) is 10.0. The minimum Gasteiger partial charge on any atom is -0.496 e. The lowest BCUT2D eigenvalue weighted by atomic mass is 10.0. The highest BCUT2D eigenvalue weighted by Gasteiger charge is 2.17. The van der Waals surface area contributed by atoms with Crippen LogP contribution in [0.2, 0.25) is 0 Å². The molecule has 1 rings (SSSR count). The van der Waals surface area contributed by atoms with E-state index in [9.17, 15) is 0 Å². The highest BCUT2D eigenvalue weighted by atomic mass is 16.5. The third-order valence-corrected chi connectivity index (χ3v) is 3.42. The number of rotatable bonds is 7. The van der Waals surface area contributed by atoms with Gasteiger partial charge in [0.05, 0.1) is 7.11 Å². The Morgan fingerprint density at radius 2 is 1.89 bits per heavy atom. The zero-order valence-electron chi connectivity index (χ0n) is 13.0. The lowest BCUT2D eigenvalue weighted by Crippen LogP contribution is -2.30. The van der Waals surface area contributed by atoms with E-state index >= 15 is 0 Å². The van der Waals surface area contributed by atoms with Crippen LogP contribution in [-0.2, 0) is 0 Å². The Balaban J connectivity index is 3.04. The molecule has 1 atom stereocenters. The number of hydrogen-bond donors (Lipinski definition) is 1. The lowest BCUT2D eigenvalue weighted by Gasteiger charge is -2.27. The molecule has 1 N–H and O–H groups in total. The summed E-state index contributed by atoms with van der Waals surface area (Å²) < 4.78 is 5.51. The number of nitrogens with zero attached hydrogens (tertiary/aromatic N) is 2. The second-order valence-corrected chi connectivity index (χ2v) is 5.13. The zero-order valence-corrected chi connectivity index (χ0v) is 13.0. The van der Waals surface area contributed by atoms with Crippen molar-refractivity contribution in [3.63, 3.8) is 0 Å². The molecule has 0 radical (unpaired) electrons. The fourth-order valence-corrected chi connectivity index (χ4v) is 2.09. The van der Waals surface area contributed by atoms with Gasteiger partial charge in [-0.25, -0.2) is 0 Å². The van der Waals surface area contributed by atoms with E-state index in [1.165, 1.54) is 11.3 Å². The number of methoxy groups -OCH3 is 1. The average Bonchev–Trinajstić information content (AvgIpc) is 2.42. The van der Waals surface area contributed by atoms with Crippen molar-refractivity contribution in [3.05, 3.63) is 23.8 Å². The van der Waals surface area contributed by atoms with E-state index in [-0.39, 0.29) is 6.04 Å². The summed E-state index contributed by atoms with van der Waals surface area (Å²) in [4.78, 5) is 4.48. The highest BCUT2D eigenvalue weighted by Crippen LogP contribution is 2.33. The maximum Gasteiger partial charge on any atom is 0.125 e. The number of likely N-dealkylation sites (N-methyl/N-ethyl adjacent to an activating group) is 2. The van der Waals surface area contributed by atoms with Gasteiger partial charge in [0.15, 0.2) is 0 Å². The number of ether oxygens (including phenoxy) is 1. The van der Waals surface area contributed by atoms with Crippen molar-refractivity contribution >= 4 is 5.69 Å². The molecule has 4 heteroatoms. The van der Waals surface area contributed by atoms with E-state index in [2.05, 4.69) is 49.2 Å². The van der Waals surface area contributed by atoms with Crippen molar-refractivity contribution in [2.45, 2.75) is 13.0 Å². The van der Waals surface area contributed by atoms with E-state index in [4.69, 9.17) is 4.74 Å². The van der Waals surface area contributed by atoms with E-state index in [0.717, 1.165) is 18.8 Å². The molecule has 0 amide bonds. The topological polar surface area (TPSA) is 27.7 Å². The molecule has 1 aromatic rings. The quantitative estimate of drug-likeness (QED) is 0.816. The van der Waals surface area contributed by atoms with E-state index in [1.807, 2.05) is 19.2 Å². The molecule has 0 saturated carbocycles. The van der Waals surface area contributed by atoms with Crippen LogP contribution in [0, 0.1) is 0 Å². The summed E-state index contributed by atoms with van der Waals surface area (Å²) in [6.45, 7) is 4.17. The van der Waals surface area contributed by atoms with E-state index in [1.54, 1.807) is 7.11 Å². The molecule has 0 heterocycles. The van der Waals surface area contributed by atoms with Crippen molar-refractivity contribution in [2.24, 2.45) is 0 Å². The van der Waals surface area contributed by atoms with Crippen LogP contribution in [0.1, 0.15) is 18.5 Å². The Hall–Kier alpha value is -1.26. The lowest BCUT2D eigenvalue weighted by molar-refractivity contribution is 0.402. The molecule has 4 nitrogen and oxygen atoms in total. The van der Waals surface area contributed by atoms with Gasteiger partial charge in [-0.05, 0) is 40.2 Å². The van der Waals surface area contributed by atoms with Crippen LogP contribution in [0.15, 0.2) is 18.2 Å². The Morgan fingerprint density at radius 3 is 2.42 bits per heavy atom. The van der Waals surface area contributed by atoms with Crippen molar-refractivity contribution in [1.29, 1.82) is 0 Å². The number of nitrogens with one attached hydrogen (secondary N) is 1. The first-order valence-corrected chi connectivity index (χ1v) is 6.71. The van der Waals surface area contributed by atoms with Crippen LogP contribution in [0.3, 0.4) is 0 Å². The molecule has 0 aliphatic rings. The van der Waals surface area contributed by atoms with Crippen molar-refractivity contribution in [1.82, 2.24) is 10.2 Å². The third kappa shape index (κ3) is 4.11. The monoisotopic (exact) mass is 265 g/mol. The van der Waals surface area contributed by atoms with Crippen molar-refractivity contribution in [2.75, 3.05) is 53.3 Å². The summed E-state index contributed by atoms with van der Waals surface area (Å²) in [6.07, 6.45) is 0. The number of hydrogen-bond acceptors (Lipinski definition) is 4. The number of benzene rings is 1. The number of anilines is 1. The molecule has 1 aromatic carbocycles.